The van der Waals surface area contributed by atoms with E-state index < -0.39 is 16.6 Å². The standard InChI is InChI=1S/C21H43IO4Si2/c1-20(2,3)27(8,9)25-17(13-12-14-19(23)24-7)18(15-16-22)26-28(10,11)21(4,5)6/h15-18H,12-14H2,1-11H3/t17-,18+/m0/s1. The summed E-state index contributed by atoms with van der Waals surface area (Å²) in [4.78, 5) is 11.6. The molecule has 2 atom stereocenters. The third-order valence-electron chi connectivity index (χ3n) is 6.22. The van der Waals surface area contributed by atoms with Crippen molar-refractivity contribution in [3.8, 4) is 0 Å². The van der Waals surface area contributed by atoms with E-state index in [0.29, 0.717) is 6.42 Å². The lowest BCUT2D eigenvalue weighted by Crippen LogP contribution is -2.51. The molecule has 0 radical (unpaired) electrons. The molecule has 0 heterocycles. The molecule has 0 aliphatic heterocycles. The Hall–Kier alpha value is 0.294. The zero-order valence-electron chi connectivity index (χ0n) is 19.9. The van der Waals surface area contributed by atoms with Gasteiger partial charge in [-0.05, 0) is 59.3 Å². The Labute approximate surface area is 189 Å². The van der Waals surface area contributed by atoms with Crippen molar-refractivity contribution in [2.24, 2.45) is 0 Å². The minimum absolute atomic E-state index is 0.0642. The topological polar surface area (TPSA) is 44.8 Å². The number of esters is 1. The number of hydrogen-bond acceptors (Lipinski definition) is 4. The Bertz CT molecular complexity index is 519. The highest BCUT2D eigenvalue weighted by molar-refractivity contribution is 14.1. The van der Waals surface area contributed by atoms with Gasteiger partial charge >= 0.3 is 5.97 Å². The number of hydrogen-bond donors (Lipinski definition) is 0. The molecule has 0 N–H and O–H groups in total. The Morgan fingerprint density at radius 2 is 1.43 bits per heavy atom. The normalized spacial score (nSPS) is 16.3. The summed E-state index contributed by atoms with van der Waals surface area (Å²) in [7, 11) is -2.51. The average molecular weight is 543 g/mol. The van der Waals surface area contributed by atoms with Crippen molar-refractivity contribution >= 4 is 45.2 Å². The molecule has 0 fully saturated rings. The summed E-state index contributed by atoms with van der Waals surface area (Å²) in [5.74, 6) is -0.169. The SMILES string of the molecule is COC(=O)CCC[C@H](O[Si](C)(C)C(C)(C)C)[C@@H](C=CI)O[Si](C)(C)C(C)(C)C. The van der Waals surface area contributed by atoms with Gasteiger partial charge in [0.1, 0.15) is 0 Å². The maximum absolute atomic E-state index is 11.6. The van der Waals surface area contributed by atoms with E-state index in [1.165, 1.54) is 7.11 Å². The van der Waals surface area contributed by atoms with E-state index in [1.54, 1.807) is 0 Å². The second-order valence-electron chi connectivity index (χ2n) is 10.5. The third-order valence-corrected chi connectivity index (χ3v) is 15.6. The first-order valence-corrected chi connectivity index (χ1v) is 17.2. The van der Waals surface area contributed by atoms with Gasteiger partial charge in [0.05, 0.1) is 19.3 Å². The maximum Gasteiger partial charge on any atom is 0.305 e. The molecule has 0 bridgehead atoms. The van der Waals surface area contributed by atoms with Crippen LogP contribution in [-0.2, 0) is 18.4 Å². The second-order valence-corrected chi connectivity index (χ2v) is 20.8. The van der Waals surface area contributed by atoms with Crippen molar-refractivity contribution < 1.29 is 18.4 Å². The van der Waals surface area contributed by atoms with Crippen molar-refractivity contribution in [2.75, 3.05) is 7.11 Å². The molecule has 0 aliphatic rings. The monoisotopic (exact) mass is 542 g/mol. The summed E-state index contributed by atoms with van der Waals surface area (Å²) in [6.07, 6.45) is 3.88. The van der Waals surface area contributed by atoms with Crippen LogP contribution in [0.1, 0.15) is 60.8 Å². The Kier molecular flexibility index (Phi) is 11.2. The van der Waals surface area contributed by atoms with Gasteiger partial charge in [0, 0.05) is 6.42 Å². The molecular formula is C21H43IO4Si2. The van der Waals surface area contributed by atoms with Crippen molar-refractivity contribution in [1.82, 2.24) is 0 Å². The van der Waals surface area contributed by atoms with Crippen LogP contribution in [0, 0.1) is 0 Å². The number of rotatable bonds is 10. The van der Waals surface area contributed by atoms with E-state index in [2.05, 4.69) is 96.4 Å². The predicted molar refractivity (Wildman–Crippen MR) is 133 cm³/mol. The first kappa shape index (κ1) is 28.3. The Morgan fingerprint density at radius 1 is 0.964 bits per heavy atom. The highest BCUT2D eigenvalue weighted by Gasteiger charge is 2.44. The Morgan fingerprint density at radius 3 is 1.82 bits per heavy atom. The Balaban J connectivity index is 5.69. The van der Waals surface area contributed by atoms with E-state index in [-0.39, 0.29) is 28.3 Å². The van der Waals surface area contributed by atoms with Crippen LogP contribution in [0.5, 0.6) is 0 Å². The first-order chi connectivity index (χ1) is 12.5. The summed E-state index contributed by atoms with van der Waals surface area (Å²) in [6.45, 7) is 22.6. The minimum Gasteiger partial charge on any atom is -0.469 e. The third kappa shape index (κ3) is 8.97. The predicted octanol–water partition coefficient (Wildman–Crippen LogP) is 7.06. The van der Waals surface area contributed by atoms with Crippen LogP contribution in [0.4, 0.5) is 0 Å². The highest BCUT2D eigenvalue weighted by Crippen LogP contribution is 2.41. The zero-order valence-corrected chi connectivity index (χ0v) is 24.1. The second kappa shape index (κ2) is 11.1. The van der Waals surface area contributed by atoms with Gasteiger partial charge in [-0.15, -0.1) is 0 Å². The van der Waals surface area contributed by atoms with Crippen LogP contribution >= 0.6 is 22.6 Å². The quantitative estimate of drug-likeness (QED) is 0.168. The summed E-state index contributed by atoms with van der Waals surface area (Å²) in [6, 6.07) is 0. The molecule has 0 rings (SSSR count). The molecule has 0 aromatic rings. The molecule has 0 aliphatic carbocycles. The fraction of sp³-hybridized carbons (Fsp3) is 0.857. The molecule has 4 nitrogen and oxygen atoms in total. The van der Waals surface area contributed by atoms with Gasteiger partial charge in [-0.2, -0.15) is 0 Å². The molecule has 166 valence electrons. The molecular weight excluding hydrogens is 499 g/mol. The van der Waals surface area contributed by atoms with Crippen LogP contribution in [0.2, 0.25) is 36.3 Å². The van der Waals surface area contributed by atoms with E-state index in [4.69, 9.17) is 13.6 Å². The summed E-state index contributed by atoms with van der Waals surface area (Å²) >= 11 is 2.25. The molecule has 7 heteroatoms. The largest absolute Gasteiger partial charge is 0.469 e. The number of ether oxygens (including phenoxy) is 1. The number of carbonyl (C=O) groups excluding carboxylic acids is 1. The average Bonchev–Trinajstić information content (AvgIpc) is 2.50. The van der Waals surface area contributed by atoms with E-state index in [0.717, 1.165) is 12.8 Å². The molecule has 0 spiro atoms. The maximum atomic E-state index is 11.6. The van der Waals surface area contributed by atoms with Crippen molar-refractivity contribution in [3.05, 3.63) is 10.2 Å². The lowest BCUT2D eigenvalue weighted by Gasteiger charge is -2.44. The lowest BCUT2D eigenvalue weighted by molar-refractivity contribution is -0.140. The molecule has 0 saturated carbocycles. The first-order valence-electron chi connectivity index (χ1n) is 10.2. The number of carbonyl (C=O) groups is 1. The van der Waals surface area contributed by atoms with E-state index in [9.17, 15) is 4.79 Å². The van der Waals surface area contributed by atoms with Crippen LogP contribution in [-0.4, -0.2) is 41.9 Å². The van der Waals surface area contributed by atoms with Gasteiger partial charge in [-0.25, -0.2) is 0 Å². The fourth-order valence-corrected chi connectivity index (χ4v) is 5.26. The van der Waals surface area contributed by atoms with Gasteiger partial charge in [0.2, 0.25) is 0 Å². The number of halogens is 1. The number of methoxy groups -OCH3 is 1. The van der Waals surface area contributed by atoms with Crippen LogP contribution < -0.4 is 0 Å². The highest BCUT2D eigenvalue weighted by atomic mass is 127. The van der Waals surface area contributed by atoms with Gasteiger partial charge in [0.25, 0.3) is 0 Å². The molecule has 0 saturated heterocycles. The molecule has 0 aromatic carbocycles. The van der Waals surface area contributed by atoms with Gasteiger partial charge in [-0.1, -0.05) is 64.1 Å². The fourth-order valence-electron chi connectivity index (χ4n) is 2.22. The minimum atomic E-state index is -1.98. The smallest absolute Gasteiger partial charge is 0.305 e. The van der Waals surface area contributed by atoms with Crippen LogP contribution in [0.15, 0.2) is 10.2 Å². The summed E-state index contributed by atoms with van der Waals surface area (Å²) in [5, 5.41) is 0.237. The van der Waals surface area contributed by atoms with Crippen LogP contribution in [0.3, 0.4) is 0 Å². The van der Waals surface area contributed by atoms with E-state index in [1.807, 2.05) is 4.08 Å². The molecule has 0 amide bonds. The van der Waals surface area contributed by atoms with Crippen molar-refractivity contribution in [1.29, 1.82) is 0 Å². The zero-order chi connectivity index (χ0) is 22.4. The van der Waals surface area contributed by atoms with Crippen LogP contribution in [0.25, 0.3) is 0 Å². The lowest BCUT2D eigenvalue weighted by atomic mass is 10.1. The summed E-state index contributed by atoms with van der Waals surface area (Å²) < 4.78 is 20.4. The van der Waals surface area contributed by atoms with Crippen molar-refractivity contribution in [2.45, 2.75) is 109 Å². The molecule has 0 unspecified atom stereocenters. The van der Waals surface area contributed by atoms with Gasteiger partial charge in [-0.3, -0.25) is 4.79 Å². The van der Waals surface area contributed by atoms with Gasteiger partial charge in [0.15, 0.2) is 16.6 Å². The molecule has 0 aromatic heterocycles. The van der Waals surface area contributed by atoms with E-state index >= 15 is 0 Å². The van der Waals surface area contributed by atoms with Crippen molar-refractivity contribution in [3.63, 3.8) is 0 Å². The molecule has 28 heavy (non-hydrogen) atoms. The van der Waals surface area contributed by atoms with Gasteiger partial charge < -0.3 is 13.6 Å². The summed E-state index contributed by atoms with van der Waals surface area (Å²) in [5.41, 5.74) is 0.